The third-order valence-electron chi connectivity index (χ3n) is 7.53. The SMILES string of the molecule is CC1C[C@H](O)C[C@@H](CCn2c(-c3ccc(F)cc3)c(-c3ccccc3)c(C(=O)Nc3ccccc3)c2C(C)C)O1. The van der Waals surface area contributed by atoms with Crippen LogP contribution < -0.4 is 5.32 Å². The molecule has 0 radical (unpaired) electrons. The van der Waals surface area contributed by atoms with E-state index in [1.165, 1.54) is 12.1 Å². The van der Waals surface area contributed by atoms with Gasteiger partial charge in [0.15, 0.2) is 0 Å². The average Bonchev–Trinajstić information content (AvgIpc) is 3.28. The quantitative estimate of drug-likeness (QED) is 0.241. The molecule has 1 saturated heterocycles. The van der Waals surface area contributed by atoms with Gasteiger partial charge in [-0.05, 0) is 79.6 Å². The zero-order valence-corrected chi connectivity index (χ0v) is 23.3. The molecule has 6 heteroatoms. The first-order valence-electron chi connectivity index (χ1n) is 14.1. The number of anilines is 1. The largest absolute Gasteiger partial charge is 0.393 e. The van der Waals surface area contributed by atoms with Gasteiger partial charge >= 0.3 is 0 Å². The molecule has 1 aliphatic rings. The van der Waals surface area contributed by atoms with E-state index in [0.717, 1.165) is 33.8 Å². The average molecular weight is 541 g/mol. The fourth-order valence-corrected chi connectivity index (χ4v) is 5.89. The number of hydrogen-bond acceptors (Lipinski definition) is 3. The van der Waals surface area contributed by atoms with Gasteiger partial charge in [0.1, 0.15) is 5.82 Å². The molecule has 1 amide bonds. The summed E-state index contributed by atoms with van der Waals surface area (Å²) in [5.74, 6) is -0.480. The maximum Gasteiger partial charge on any atom is 0.258 e. The minimum Gasteiger partial charge on any atom is -0.393 e. The summed E-state index contributed by atoms with van der Waals surface area (Å²) in [6.45, 7) is 6.77. The van der Waals surface area contributed by atoms with Crippen molar-refractivity contribution < 1.29 is 19.0 Å². The van der Waals surface area contributed by atoms with Crippen molar-refractivity contribution in [2.45, 2.75) is 70.8 Å². The lowest BCUT2D eigenvalue weighted by Gasteiger charge is -2.32. The fourth-order valence-electron chi connectivity index (χ4n) is 5.89. The summed E-state index contributed by atoms with van der Waals surface area (Å²) in [5, 5.41) is 13.5. The van der Waals surface area contributed by atoms with Crippen molar-refractivity contribution in [1.82, 2.24) is 4.57 Å². The molecular weight excluding hydrogens is 503 g/mol. The van der Waals surface area contributed by atoms with Crippen LogP contribution in [0.25, 0.3) is 22.4 Å². The summed E-state index contributed by atoms with van der Waals surface area (Å²) in [5.41, 5.74) is 5.69. The number of carbonyl (C=O) groups is 1. The third-order valence-corrected chi connectivity index (χ3v) is 7.53. The monoisotopic (exact) mass is 540 g/mol. The number of amides is 1. The highest BCUT2D eigenvalue weighted by molar-refractivity contribution is 6.12. The fraction of sp³-hybridized carbons (Fsp3) is 0.324. The molecule has 3 aromatic carbocycles. The maximum atomic E-state index is 14.1. The van der Waals surface area contributed by atoms with Crippen molar-refractivity contribution in [2.75, 3.05) is 5.32 Å². The highest BCUT2D eigenvalue weighted by Crippen LogP contribution is 2.43. The first-order valence-corrected chi connectivity index (χ1v) is 14.1. The molecule has 2 heterocycles. The lowest BCUT2D eigenvalue weighted by molar-refractivity contribution is -0.0911. The predicted octanol–water partition coefficient (Wildman–Crippen LogP) is 7.66. The minimum atomic E-state index is -0.383. The molecule has 0 spiro atoms. The van der Waals surface area contributed by atoms with E-state index < -0.39 is 0 Å². The van der Waals surface area contributed by atoms with Crippen LogP contribution in [0.2, 0.25) is 0 Å². The molecule has 1 aromatic heterocycles. The molecule has 0 aliphatic carbocycles. The highest BCUT2D eigenvalue weighted by Gasteiger charge is 2.32. The first kappa shape index (κ1) is 27.8. The summed E-state index contributed by atoms with van der Waals surface area (Å²) < 4.78 is 22.5. The maximum absolute atomic E-state index is 14.1. The Bertz CT molecular complexity index is 1420. The third kappa shape index (κ3) is 6.03. The highest BCUT2D eigenvalue weighted by atomic mass is 19.1. The molecule has 208 valence electrons. The molecule has 2 N–H and O–H groups in total. The van der Waals surface area contributed by atoms with Crippen LogP contribution in [0.1, 0.15) is 62.0 Å². The number of aromatic nitrogens is 1. The summed E-state index contributed by atoms with van der Waals surface area (Å²) in [7, 11) is 0. The van der Waals surface area contributed by atoms with Crippen LogP contribution in [0.15, 0.2) is 84.9 Å². The van der Waals surface area contributed by atoms with Gasteiger partial charge in [0.2, 0.25) is 0 Å². The van der Waals surface area contributed by atoms with E-state index in [1.807, 2.05) is 67.6 Å². The summed E-state index contributed by atoms with van der Waals surface area (Å²) >= 11 is 0. The van der Waals surface area contributed by atoms with Crippen LogP contribution in [0, 0.1) is 5.82 Å². The molecule has 1 fully saturated rings. The zero-order valence-electron chi connectivity index (χ0n) is 23.3. The van der Waals surface area contributed by atoms with Gasteiger partial charge in [-0.1, -0.05) is 62.4 Å². The second-order valence-electron chi connectivity index (χ2n) is 11.0. The number of halogens is 1. The van der Waals surface area contributed by atoms with Gasteiger partial charge < -0.3 is 19.7 Å². The second-order valence-corrected chi connectivity index (χ2v) is 11.0. The zero-order chi connectivity index (χ0) is 28.2. The van der Waals surface area contributed by atoms with Gasteiger partial charge in [-0.15, -0.1) is 0 Å². The lowest BCUT2D eigenvalue weighted by atomic mass is 9.94. The van der Waals surface area contributed by atoms with Crippen LogP contribution in [0.5, 0.6) is 0 Å². The van der Waals surface area contributed by atoms with Crippen molar-refractivity contribution in [2.24, 2.45) is 0 Å². The normalized spacial score (nSPS) is 19.1. The van der Waals surface area contributed by atoms with Crippen molar-refractivity contribution in [3.05, 3.63) is 102 Å². The van der Waals surface area contributed by atoms with Gasteiger partial charge in [-0.25, -0.2) is 4.39 Å². The number of aliphatic hydroxyl groups excluding tert-OH is 1. The van der Waals surface area contributed by atoms with Crippen molar-refractivity contribution in [3.63, 3.8) is 0 Å². The van der Waals surface area contributed by atoms with Crippen LogP contribution >= 0.6 is 0 Å². The molecular formula is C34H37FN2O3. The van der Waals surface area contributed by atoms with Crippen molar-refractivity contribution in [1.29, 1.82) is 0 Å². The lowest BCUT2D eigenvalue weighted by Crippen LogP contribution is -2.34. The van der Waals surface area contributed by atoms with Gasteiger partial charge in [0.25, 0.3) is 5.91 Å². The van der Waals surface area contributed by atoms with E-state index in [9.17, 15) is 14.3 Å². The Morgan fingerprint density at radius 1 is 0.975 bits per heavy atom. The Kier molecular flexibility index (Phi) is 8.48. The van der Waals surface area contributed by atoms with E-state index in [4.69, 9.17) is 4.74 Å². The van der Waals surface area contributed by atoms with E-state index in [2.05, 4.69) is 23.7 Å². The number of benzene rings is 3. The number of hydrogen-bond donors (Lipinski definition) is 2. The molecule has 5 nitrogen and oxygen atoms in total. The van der Waals surface area contributed by atoms with Gasteiger partial charge in [0.05, 0.1) is 29.6 Å². The van der Waals surface area contributed by atoms with E-state index in [-0.39, 0.29) is 36.0 Å². The van der Waals surface area contributed by atoms with Crippen molar-refractivity contribution in [3.8, 4) is 22.4 Å². The first-order chi connectivity index (χ1) is 19.3. The molecule has 1 unspecified atom stereocenters. The topological polar surface area (TPSA) is 63.5 Å². The van der Waals surface area contributed by atoms with Gasteiger partial charge in [-0.2, -0.15) is 0 Å². The molecule has 5 rings (SSSR count). The Morgan fingerprint density at radius 3 is 2.25 bits per heavy atom. The number of carbonyl (C=O) groups excluding carboxylic acids is 1. The molecule has 0 saturated carbocycles. The van der Waals surface area contributed by atoms with Crippen LogP contribution in [-0.4, -0.2) is 33.9 Å². The van der Waals surface area contributed by atoms with Gasteiger partial charge in [0, 0.05) is 23.5 Å². The van der Waals surface area contributed by atoms with E-state index in [0.29, 0.717) is 31.4 Å². The molecule has 1 aliphatic heterocycles. The van der Waals surface area contributed by atoms with E-state index in [1.54, 1.807) is 12.1 Å². The molecule has 4 aromatic rings. The van der Waals surface area contributed by atoms with Crippen LogP contribution in [0.4, 0.5) is 10.1 Å². The number of ether oxygens (including phenoxy) is 1. The molecule has 3 atom stereocenters. The number of nitrogens with one attached hydrogen (secondary N) is 1. The minimum absolute atomic E-state index is 0.00774. The summed E-state index contributed by atoms with van der Waals surface area (Å²) in [4.78, 5) is 14.1. The second kappa shape index (κ2) is 12.2. The predicted molar refractivity (Wildman–Crippen MR) is 158 cm³/mol. The van der Waals surface area contributed by atoms with Crippen LogP contribution in [0.3, 0.4) is 0 Å². The Balaban J connectivity index is 1.70. The number of aliphatic hydroxyl groups is 1. The Morgan fingerprint density at radius 2 is 1.62 bits per heavy atom. The number of para-hydroxylation sites is 1. The standard InChI is InChI=1S/C34H37FN2O3/c1-22(2)32-31(34(39)36-27-12-8-5-9-13-27)30(24-10-6-4-7-11-24)33(25-14-16-26(35)17-15-25)37(32)19-18-29-21-28(38)20-23(3)40-29/h4-17,22-23,28-29,38H,18-21H2,1-3H3,(H,36,39)/t23?,28-,29+/m0/s1. The molecule has 40 heavy (non-hydrogen) atoms. The van der Waals surface area contributed by atoms with E-state index >= 15 is 0 Å². The Labute approximate surface area is 235 Å². The van der Waals surface area contributed by atoms with Gasteiger partial charge in [-0.3, -0.25) is 4.79 Å². The number of nitrogens with zero attached hydrogens (tertiary/aromatic N) is 1. The summed E-state index contributed by atoms with van der Waals surface area (Å²) in [6.07, 6.45) is 1.42. The smallest absolute Gasteiger partial charge is 0.258 e. The van der Waals surface area contributed by atoms with Crippen LogP contribution in [-0.2, 0) is 11.3 Å². The van der Waals surface area contributed by atoms with Crippen molar-refractivity contribution >= 4 is 11.6 Å². The molecule has 0 bridgehead atoms. The Hall–Kier alpha value is -3.74. The number of rotatable bonds is 8. The summed E-state index contributed by atoms with van der Waals surface area (Å²) in [6, 6.07) is 25.8.